The van der Waals surface area contributed by atoms with Crippen molar-refractivity contribution in [3.8, 4) is 0 Å². The van der Waals surface area contributed by atoms with Gasteiger partial charge in [0.1, 0.15) is 0 Å². The average molecular weight is 260 g/mol. The summed E-state index contributed by atoms with van der Waals surface area (Å²) in [5.41, 5.74) is 0. The van der Waals surface area contributed by atoms with Crippen molar-refractivity contribution in [2.24, 2.45) is 0 Å². The first-order valence-corrected chi connectivity index (χ1v) is 4.64. The van der Waals surface area contributed by atoms with Gasteiger partial charge in [-0.2, -0.15) is 0 Å². The number of carbonyl (C=O) groups excluding carboxylic acids is 1. The molecule has 0 spiro atoms. The van der Waals surface area contributed by atoms with Crippen molar-refractivity contribution in [2.45, 2.75) is 17.9 Å². The minimum Gasteiger partial charge on any atom is -0.453 e. The molecule has 0 aliphatic heterocycles. The van der Waals surface area contributed by atoms with E-state index in [0.29, 0.717) is 6.47 Å². The molecule has 0 aliphatic carbocycles. The van der Waals surface area contributed by atoms with E-state index in [2.05, 4.69) is 36.6 Å². The van der Waals surface area contributed by atoms with Gasteiger partial charge in [-0.1, -0.05) is 15.9 Å². The maximum absolute atomic E-state index is 9.71. The molecule has 0 saturated carbocycles. The molecule has 0 aliphatic rings. The van der Waals surface area contributed by atoms with Crippen LogP contribution in [0.4, 0.5) is 0 Å². The zero-order valence-corrected chi connectivity index (χ0v) is 8.02. The number of halogens is 2. The van der Waals surface area contributed by atoms with Crippen molar-refractivity contribution in [3.05, 3.63) is 0 Å². The summed E-state index contributed by atoms with van der Waals surface area (Å²) in [6.07, 6.45) is 1.85. The van der Waals surface area contributed by atoms with Crippen LogP contribution in [0.3, 0.4) is 0 Å². The van der Waals surface area contributed by atoms with Gasteiger partial charge in [0.25, 0.3) is 6.47 Å². The zero-order chi connectivity index (χ0) is 7.11. The first kappa shape index (κ1) is 9.43. The van der Waals surface area contributed by atoms with Gasteiger partial charge >= 0.3 is 0 Å². The van der Waals surface area contributed by atoms with Crippen LogP contribution in [-0.4, -0.2) is 16.8 Å². The lowest BCUT2D eigenvalue weighted by molar-refractivity contribution is -0.129. The lowest BCUT2D eigenvalue weighted by atomic mass is 10.4. The quantitative estimate of drug-likeness (QED) is 0.558. The molecule has 0 saturated heterocycles. The Morgan fingerprint density at radius 1 is 1.67 bits per heavy atom. The number of carbonyl (C=O) groups is 1. The minimum atomic E-state index is -0.118. The minimum absolute atomic E-state index is 0.118. The van der Waals surface area contributed by atoms with Gasteiger partial charge in [0.15, 0.2) is 5.01 Å². The lowest BCUT2D eigenvalue weighted by Gasteiger charge is -2.04. The fourth-order valence-electron chi connectivity index (χ4n) is 0.366. The summed E-state index contributed by atoms with van der Waals surface area (Å²) in [5, 5.41) is 0.824. The van der Waals surface area contributed by atoms with E-state index in [-0.39, 0.29) is 5.01 Å². The van der Waals surface area contributed by atoms with Crippen molar-refractivity contribution >= 4 is 38.3 Å². The normalized spacial score (nSPS) is 12.7. The molecule has 4 heteroatoms. The number of rotatable bonds is 5. The summed E-state index contributed by atoms with van der Waals surface area (Å²) < 4.78 is 4.56. The highest BCUT2D eigenvalue weighted by molar-refractivity contribution is 9.09. The van der Waals surface area contributed by atoms with E-state index in [1.165, 1.54) is 0 Å². The molecule has 0 aromatic carbocycles. The Morgan fingerprint density at radius 3 is 2.78 bits per heavy atom. The van der Waals surface area contributed by atoms with E-state index in [4.69, 9.17) is 0 Å². The average Bonchev–Trinajstić information content (AvgIpc) is 1.85. The summed E-state index contributed by atoms with van der Waals surface area (Å²) in [6.45, 7) is 0.452. The second kappa shape index (κ2) is 6.55. The van der Waals surface area contributed by atoms with Gasteiger partial charge < -0.3 is 4.74 Å². The van der Waals surface area contributed by atoms with Crippen LogP contribution in [0.1, 0.15) is 12.8 Å². The van der Waals surface area contributed by atoms with Gasteiger partial charge in [0.2, 0.25) is 0 Å². The van der Waals surface area contributed by atoms with Crippen LogP contribution in [0.2, 0.25) is 0 Å². The van der Waals surface area contributed by atoms with Crippen LogP contribution in [0.5, 0.6) is 0 Å². The molecule has 0 N–H and O–H groups in total. The van der Waals surface area contributed by atoms with Crippen LogP contribution in [-0.2, 0) is 9.53 Å². The van der Waals surface area contributed by atoms with E-state index in [1.807, 2.05) is 0 Å². The third kappa shape index (κ3) is 6.31. The molecule has 54 valence electrons. The Bertz CT molecular complexity index is 77.4. The Hall–Kier alpha value is 0.430. The SMILES string of the molecule is O=COC(Br)CCCBr. The van der Waals surface area contributed by atoms with Gasteiger partial charge in [-0.3, -0.25) is 4.79 Å². The van der Waals surface area contributed by atoms with Gasteiger partial charge in [0, 0.05) is 5.33 Å². The van der Waals surface area contributed by atoms with E-state index >= 15 is 0 Å². The predicted octanol–water partition coefficient (Wildman–Crippen LogP) is 2.06. The Labute approximate surface area is 71.2 Å². The largest absolute Gasteiger partial charge is 0.453 e. The smallest absolute Gasteiger partial charge is 0.294 e. The number of alkyl halides is 2. The molecule has 1 unspecified atom stereocenters. The molecular weight excluding hydrogens is 252 g/mol. The molecule has 0 heterocycles. The predicted molar refractivity (Wildman–Crippen MR) is 42.9 cm³/mol. The fraction of sp³-hybridized carbons (Fsp3) is 0.800. The first-order valence-electron chi connectivity index (χ1n) is 2.60. The molecule has 0 bridgehead atoms. The van der Waals surface area contributed by atoms with Gasteiger partial charge in [-0.25, -0.2) is 0 Å². The topological polar surface area (TPSA) is 26.3 Å². The standard InChI is InChI=1S/C5H8Br2O2/c6-3-1-2-5(7)9-4-8/h4-5H,1-3H2. The van der Waals surface area contributed by atoms with Gasteiger partial charge in [-0.15, -0.1) is 0 Å². The number of ether oxygens (including phenoxy) is 1. The summed E-state index contributed by atoms with van der Waals surface area (Å²) in [5.74, 6) is 0. The van der Waals surface area contributed by atoms with Crippen molar-refractivity contribution in [1.29, 1.82) is 0 Å². The van der Waals surface area contributed by atoms with Gasteiger partial charge in [0.05, 0.1) is 0 Å². The van der Waals surface area contributed by atoms with Crippen molar-refractivity contribution < 1.29 is 9.53 Å². The summed E-state index contributed by atoms with van der Waals surface area (Å²) in [6, 6.07) is 0. The highest BCUT2D eigenvalue weighted by atomic mass is 79.9. The van der Waals surface area contributed by atoms with Crippen LogP contribution in [0, 0.1) is 0 Å². The Kier molecular flexibility index (Phi) is 6.86. The molecule has 0 aromatic heterocycles. The molecule has 0 rings (SSSR count). The number of hydrogen-bond acceptors (Lipinski definition) is 2. The molecule has 0 radical (unpaired) electrons. The molecule has 0 fully saturated rings. The van der Waals surface area contributed by atoms with Gasteiger partial charge in [-0.05, 0) is 28.8 Å². The van der Waals surface area contributed by atoms with Crippen molar-refractivity contribution in [1.82, 2.24) is 0 Å². The summed E-state index contributed by atoms with van der Waals surface area (Å²) in [7, 11) is 0. The summed E-state index contributed by atoms with van der Waals surface area (Å²) in [4.78, 5) is 9.71. The monoisotopic (exact) mass is 258 g/mol. The van der Waals surface area contributed by atoms with Crippen LogP contribution >= 0.6 is 31.9 Å². The Balaban J connectivity index is 3.04. The second-order valence-corrected chi connectivity index (χ2v) is 3.29. The first-order chi connectivity index (χ1) is 4.31. The molecule has 9 heavy (non-hydrogen) atoms. The molecular formula is C5H8Br2O2. The van der Waals surface area contributed by atoms with E-state index in [1.54, 1.807) is 0 Å². The van der Waals surface area contributed by atoms with Crippen LogP contribution in [0.25, 0.3) is 0 Å². The van der Waals surface area contributed by atoms with Crippen molar-refractivity contribution in [2.75, 3.05) is 5.33 Å². The maximum Gasteiger partial charge on any atom is 0.294 e. The van der Waals surface area contributed by atoms with Crippen molar-refractivity contribution in [3.63, 3.8) is 0 Å². The molecule has 0 amide bonds. The zero-order valence-electron chi connectivity index (χ0n) is 4.85. The fourth-order valence-corrected chi connectivity index (χ4v) is 1.10. The summed E-state index contributed by atoms with van der Waals surface area (Å²) >= 11 is 6.43. The highest BCUT2D eigenvalue weighted by Crippen LogP contribution is 2.08. The molecule has 1 atom stereocenters. The Morgan fingerprint density at radius 2 is 2.33 bits per heavy atom. The second-order valence-electron chi connectivity index (χ2n) is 1.47. The third-order valence-electron chi connectivity index (χ3n) is 0.768. The highest BCUT2D eigenvalue weighted by Gasteiger charge is 2.00. The molecule has 2 nitrogen and oxygen atoms in total. The third-order valence-corrected chi connectivity index (χ3v) is 2.00. The number of hydrogen-bond donors (Lipinski definition) is 0. The van der Waals surface area contributed by atoms with E-state index in [0.717, 1.165) is 18.2 Å². The van der Waals surface area contributed by atoms with Crippen LogP contribution in [0.15, 0.2) is 0 Å². The van der Waals surface area contributed by atoms with Crippen LogP contribution < -0.4 is 0 Å². The van der Waals surface area contributed by atoms with E-state index in [9.17, 15) is 4.79 Å². The lowest BCUT2D eigenvalue weighted by Crippen LogP contribution is -2.02. The van der Waals surface area contributed by atoms with E-state index < -0.39 is 0 Å². The molecule has 0 aromatic rings. The maximum atomic E-state index is 9.71.